The molecular weight excluding hydrogens is 308 g/mol. The summed E-state index contributed by atoms with van der Waals surface area (Å²) in [5, 5.41) is 0. The zero-order chi connectivity index (χ0) is 14.6. The zero-order valence-corrected chi connectivity index (χ0v) is 13.3. The summed E-state index contributed by atoms with van der Waals surface area (Å²) in [6, 6.07) is 5.11. The number of carbonyl (C=O) groups excluding carboxylic acids is 2. The van der Waals surface area contributed by atoms with Crippen molar-refractivity contribution in [1.29, 1.82) is 0 Å². The highest BCUT2D eigenvalue weighted by molar-refractivity contribution is 9.10. The smallest absolute Gasteiger partial charge is 0.254 e. The van der Waals surface area contributed by atoms with Crippen LogP contribution >= 0.6 is 15.9 Å². The van der Waals surface area contributed by atoms with Crippen LogP contribution in [-0.4, -0.2) is 48.8 Å². The molecule has 0 aliphatic heterocycles. The van der Waals surface area contributed by atoms with Gasteiger partial charge in [0.1, 0.15) is 0 Å². The molecule has 1 rings (SSSR count). The Morgan fingerprint density at radius 2 is 1.58 bits per heavy atom. The van der Waals surface area contributed by atoms with Crippen molar-refractivity contribution in [3.8, 4) is 0 Å². The number of halogens is 1. The van der Waals surface area contributed by atoms with E-state index in [-0.39, 0.29) is 11.8 Å². The Bertz CT molecular complexity index is 488. The second-order valence-corrected chi connectivity index (χ2v) is 5.19. The first kappa shape index (κ1) is 15.7. The van der Waals surface area contributed by atoms with Gasteiger partial charge in [-0.2, -0.15) is 0 Å². The summed E-state index contributed by atoms with van der Waals surface area (Å²) >= 11 is 3.36. The van der Waals surface area contributed by atoms with Gasteiger partial charge in [-0.3, -0.25) is 9.59 Å². The molecule has 0 fully saturated rings. The Labute approximate surface area is 122 Å². The van der Waals surface area contributed by atoms with Gasteiger partial charge in [-0.1, -0.05) is 0 Å². The highest BCUT2D eigenvalue weighted by Crippen LogP contribution is 2.20. The Balaban J connectivity index is 3.14. The number of nitrogens with zero attached hydrogens (tertiary/aromatic N) is 2. The normalized spacial score (nSPS) is 10.2. The average molecular weight is 327 g/mol. The first-order chi connectivity index (χ1) is 8.92. The molecular formula is C14H19BrN2O2. The maximum Gasteiger partial charge on any atom is 0.254 e. The molecule has 0 unspecified atom stereocenters. The highest BCUT2D eigenvalue weighted by atomic mass is 79.9. The van der Waals surface area contributed by atoms with Gasteiger partial charge in [-0.05, 0) is 48.0 Å². The Hall–Kier alpha value is -1.36. The van der Waals surface area contributed by atoms with Crippen molar-refractivity contribution in [3.63, 3.8) is 0 Å². The number of rotatable bonds is 4. The molecule has 5 heteroatoms. The van der Waals surface area contributed by atoms with Gasteiger partial charge in [0.2, 0.25) is 0 Å². The number of amides is 2. The molecule has 0 radical (unpaired) electrons. The lowest BCUT2D eigenvalue weighted by molar-refractivity contribution is 0.0800. The van der Waals surface area contributed by atoms with Crippen LogP contribution in [0, 0.1) is 0 Å². The second kappa shape index (κ2) is 6.70. The van der Waals surface area contributed by atoms with Crippen LogP contribution in [0.25, 0.3) is 0 Å². The van der Waals surface area contributed by atoms with Crippen LogP contribution in [0.4, 0.5) is 0 Å². The highest BCUT2D eigenvalue weighted by Gasteiger charge is 2.17. The summed E-state index contributed by atoms with van der Waals surface area (Å²) in [6.07, 6.45) is 0. The van der Waals surface area contributed by atoms with Crippen molar-refractivity contribution in [2.75, 3.05) is 27.2 Å². The maximum atomic E-state index is 12.2. The van der Waals surface area contributed by atoms with Crippen molar-refractivity contribution in [1.82, 2.24) is 9.80 Å². The lowest BCUT2D eigenvalue weighted by Crippen LogP contribution is -2.28. The van der Waals surface area contributed by atoms with Crippen molar-refractivity contribution < 1.29 is 9.59 Å². The Morgan fingerprint density at radius 3 is 2.11 bits per heavy atom. The molecule has 1 aromatic carbocycles. The fraction of sp³-hybridized carbons (Fsp3) is 0.429. The van der Waals surface area contributed by atoms with E-state index in [0.29, 0.717) is 28.7 Å². The van der Waals surface area contributed by atoms with E-state index in [1.54, 1.807) is 42.1 Å². The van der Waals surface area contributed by atoms with E-state index in [1.165, 1.54) is 0 Å². The predicted octanol–water partition coefficient (Wildman–Crippen LogP) is 2.63. The van der Waals surface area contributed by atoms with E-state index in [1.807, 2.05) is 13.8 Å². The molecule has 0 aliphatic rings. The van der Waals surface area contributed by atoms with Gasteiger partial charge < -0.3 is 9.80 Å². The van der Waals surface area contributed by atoms with Gasteiger partial charge >= 0.3 is 0 Å². The van der Waals surface area contributed by atoms with E-state index >= 15 is 0 Å². The molecule has 0 aliphatic carbocycles. The molecule has 0 atom stereocenters. The Kier molecular flexibility index (Phi) is 5.54. The van der Waals surface area contributed by atoms with Gasteiger partial charge in [0, 0.05) is 37.2 Å². The molecule has 1 aromatic rings. The SMILES string of the molecule is CCN(C)C(=O)c1ccc(Br)c(C(=O)N(C)CC)c1. The van der Waals surface area contributed by atoms with E-state index < -0.39 is 0 Å². The number of hydrogen-bond acceptors (Lipinski definition) is 2. The lowest BCUT2D eigenvalue weighted by Gasteiger charge is -2.18. The Morgan fingerprint density at radius 1 is 1.05 bits per heavy atom. The zero-order valence-electron chi connectivity index (χ0n) is 11.7. The topological polar surface area (TPSA) is 40.6 Å². The van der Waals surface area contributed by atoms with Crippen LogP contribution in [0.3, 0.4) is 0 Å². The fourth-order valence-corrected chi connectivity index (χ4v) is 1.95. The lowest BCUT2D eigenvalue weighted by atomic mass is 10.1. The molecule has 104 valence electrons. The molecule has 0 saturated carbocycles. The van der Waals surface area contributed by atoms with Crippen molar-refractivity contribution in [2.45, 2.75) is 13.8 Å². The van der Waals surface area contributed by atoms with Gasteiger partial charge in [0.25, 0.3) is 11.8 Å². The van der Waals surface area contributed by atoms with Crippen LogP contribution < -0.4 is 0 Å². The first-order valence-electron chi connectivity index (χ1n) is 6.22. The van der Waals surface area contributed by atoms with E-state index in [0.717, 1.165) is 0 Å². The van der Waals surface area contributed by atoms with Gasteiger partial charge in [0.05, 0.1) is 5.56 Å². The minimum absolute atomic E-state index is 0.0804. The minimum atomic E-state index is -0.0943. The fourth-order valence-electron chi connectivity index (χ4n) is 1.54. The van der Waals surface area contributed by atoms with Gasteiger partial charge in [-0.15, -0.1) is 0 Å². The molecule has 0 aromatic heterocycles. The summed E-state index contributed by atoms with van der Waals surface area (Å²) in [6.45, 7) is 5.07. The van der Waals surface area contributed by atoms with Crippen molar-refractivity contribution in [3.05, 3.63) is 33.8 Å². The van der Waals surface area contributed by atoms with Crippen LogP contribution in [0.5, 0.6) is 0 Å². The summed E-state index contributed by atoms with van der Waals surface area (Å²) in [5.74, 6) is -0.175. The molecule has 0 heterocycles. The monoisotopic (exact) mass is 326 g/mol. The summed E-state index contributed by atoms with van der Waals surface area (Å²) < 4.78 is 0.702. The van der Waals surface area contributed by atoms with E-state index in [2.05, 4.69) is 15.9 Å². The first-order valence-corrected chi connectivity index (χ1v) is 7.02. The third-order valence-corrected chi connectivity index (χ3v) is 3.78. The minimum Gasteiger partial charge on any atom is -0.342 e. The number of hydrogen-bond donors (Lipinski definition) is 0. The van der Waals surface area contributed by atoms with Crippen LogP contribution in [-0.2, 0) is 0 Å². The van der Waals surface area contributed by atoms with Crippen molar-refractivity contribution in [2.24, 2.45) is 0 Å². The molecule has 2 amide bonds. The second-order valence-electron chi connectivity index (χ2n) is 4.33. The standard InChI is InChI=1S/C14H19BrN2O2/c1-5-16(3)13(18)10-7-8-12(15)11(9-10)14(19)17(4)6-2/h7-9H,5-6H2,1-4H3. The maximum absolute atomic E-state index is 12.2. The largest absolute Gasteiger partial charge is 0.342 e. The molecule has 0 spiro atoms. The van der Waals surface area contributed by atoms with Gasteiger partial charge in [-0.25, -0.2) is 0 Å². The molecule has 19 heavy (non-hydrogen) atoms. The van der Waals surface area contributed by atoms with Crippen LogP contribution in [0.1, 0.15) is 34.6 Å². The third-order valence-electron chi connectivity index (χ3n) is 3.09. The number of benzene rings is 1. The molecule has 0 saturated heterocycles. The quantitative estimate of drug-likeness (QED) is 0.853. The van der Waals surface area contributed by atoms with E-state index in [9.17, 15) is 9.59 Å². The molecule has 0 bridgehead atoms. The van der Waals surface area contributed by atoms with Crippen LogP contribution in [0.15, 0.2) is 22.7 Å². The average Bonchev–Trinajstić information content (AvgIpc) is 2.44. The summed E-state index contributed by atoms with van der Waals surface area (Å²) in [4.78, 5) is 27.5. The van der Waals surface area contributed by atoms with Gasteiger partial charge in [0.15, 0.2) is 0 Å². The summed E-state index contributed by atoms with van der Waals surface area (Å²) in [5.41, 5.74) is 1.04. The molecule has 4 nitrogen and oxygen atoms in total. The van der Waals surface area contributed by atoms with Crippen LogP contribution in [0.2, 0.25) is 0 Å². The predicted molar refractivity (Wildman–Crippen MR) is 79.4 cm³/mol. The summed E-state index contributed by atoms with van der Waals surface area (Å²) in [7, 11) is 3.48. The number of carbonyl (C=O) groups is 2. The third kappa shape index (κ3) is 3.56. The van der Waals surface area contributed by atoms with E-state index in [4.69, 9.17) is 0 Å². The molecule has 0 N–H and O–H groups in total. The van der Waals surface area contributed by atoms with Crippen molar-refractivity contribution >= 4 is 27.7 Å².